The van der Waals surface area contributed by atoms with Crippen LogP contribution < -0.4 is 0 Å². The van der Waals surface area contributed by atoms with Gasteiger partial charge in [-0.2, -0.15) is 0 Å². The van der Waals surface area contributed by atoms with E-state index < -0.39 is 0 Å². The first-order valence-corrected chi connectivity index (χ1v) is 7.30. The van der Waals surface area contributed by atoms with Crippen molar-refractivity contribution in [2.45, 2.75) is 58.2 Å². The Labute approximate surface area is 110 Å². The molecule has 104 valence electrons. The van der Waals surface area contributed by atoms with Gasteiger partial charge in [0.1, 0.15) is 0 Å². The van der Waals surface area contributed by atoms with E-state index in [-0.39, 0.29) is 35.1 Å². The minimum atomic E-state index is -0.205. The second-order valence-electron chi connectivity index (χ2n) is 7.56. The second kappa shape index (κ2) is 3.71. The van der Waals surface area contributed by atoms with Crippen LogP contribution in [0.15, 0.2) is 0 Å². The number of fused-ring (bicyclic) bond motifs is 1. The van der Waals surface area contributed by atoms with Crippen LogP contribution in [-0.4, -0.2) is 35.1 Å². The van der Waals surface area contributed by atoms with Crippen LogP contribution in [0.2, 0.25) is 0 Å². The summed E-state index contributed by atoms with van der Waals surface area (Å²) in [6.07, 6.45) is 3.83. The van der Waals surface area contributed by atoms with E-state index in [1.807, 2.05) is 0 Å². The summed E-state index contributed by atoms with van der Waals surface area (Å²) in [5.74, 6) is 0.733. The van der Waals surface area contributed by atoms with E-state index in [9.17, 15) is 10.2 Å². The van der Waals surface area contributed by atoms with Crippen molar-refractivity contribution in [1.29, 1.82) is 0 Å². The van der Waals surface area contributed by atoms with Crippen molar-refractivity contribution in [1.82, 2.24) is 0 Å². The van der Waals surface area contributed by atoms with Crippen molar-refractivity contribution in [3.05, 3.63) is 0 Å². The van der Waals surface area contributed by atoms with Gasteiger partial charge in [-0.15, -0.1) is 0 Å². The fraction of sp³-hybridized carbons (Fsp3) is 1.00. The van der Waals surface area contributed by atoms with E-state index in [4.69, 9.17) is 4.74 Å². The Morgan fingerprint density at radius 1 is 1.17 bits per heavy atom. The summed E-state index contributed by atoms with van der Waals surface area (Å²) in [5.41, 5.74) is 0.0432. The first-order valence-electron chi connectivity index (χ1n) is 7.30. The standard InChI is InChI=1S/C15H26O3/c1-13(2)10-4-7-15(9-18-15)11(8-16)14(10,3)6-5-12(13)17/h10-12,16-17H,4-9H2,1-3H3/t10-,11+,12-,14-,15-/m0/s1. The highest BCUT2D eigenvalue weighted by Gasteiger charge is 2.66. The van der Waals surface area contributed by atoms with Gasteiger partial charge in [0.25, 0.3) is 0 Å². The summed E-state index contributed by atoms with van der Waals surface area (Å²) in [4.78, 5) is 0. The lowest BCUT2D eigenvalue weighted by atomic mass is 9.46. The van der Waals surface area contributed by atoms with E-state index in [0.717, 1.165) is 32.3 Å². The van der Waals surface area contributed by atoms with Crippen LogP contribution in [0.3, 0.4) is 0 Å². The molecule has 0 aromatic heterocycles. The van der Waals surface area contributed by atoms with Gasteiger partial charge < -0.3 is 14.9 Å². The SMILES string of the molecule is CC1(C)[C@@H](O)CC[C@@]2(C)[C@H]1CC[C@]1(CO1)[C@@H]2CO. The van der Waals surface area contributed by atoms with Crippen molar-refractivity contribution in [3.63, 3.8) is 0 Å². The van der Waals surface area contributed by atoms with Crippen LogP contribution in [-0.2, 0) is 4.74 Å². The second-order valence-corrected chi connectivity index (χ2v) is 7.56. The Morgan fingerprint density at radius 3 is 2.39 bits per heavy atom. The Balaban J connectivity index is 1.97. The van der Waals surface area contributed by atoms with E-state index in [2.05, 4.69) is 20.8 Å². The Morgan fingerprint density at radius 2 is 1.83 bits per heavy atom. The van der Waals surface area contributed by atoms with Crippen LogP contribution in [0.4, 0.5) is 0 Å². The van der Waals surface area contributed by atoms with E-state index in [1.54, 1.807) is 0 Å². The average Bonchev–Trinajstić information content (AvgIpc) is 3.05. The van der Waals surface area contributed by atoms with E-state index >= 15 is 0 Å². The first kappa shape index (κ1) is 12.9. The van der Waals surface area contributed by atoms with Gasteiger partial charge >= 0.3 is 0 Å². The largest absolute Gasteiger partial charge is 0.396 e. The van der Waals surface area contributed by atoms with Crippen molar-refractivity contribution >= 4 is 0 Å². The molecule has 3 aliphatic rings. The summed E-state index contributed by atoms with van der Waals surface area (Å²) in [5, 5.41) is 20.2. The van der Waals surface area contributed by atoms with Crippen molar-refractivity contribution in [2.24, 2.45) is 22.7 Å². The van der Waals surface area contributed by atoms with Gasteiger partial charge in [0, 0.05) is 12.5 Å². The Hall–Kier alpha value is -0.120. The number of rotatable bonds is 1. The maximum atomic E-state index is 10.3. The maximum absolute atomic E-state index is 10.3. The molecule has 0 bridgehead atoms. The Bertz CT molecular complexity index is 348. The topological polar surface area (TPSA) is 53.0 Å². The summed E-state index contributed by atoms with van der Waals surface area (Å²) in [7, 11) is 0. The number of hydrogen-bond acceptors (Lipinski definition) is 3. The van der Waals surface area contributed by atoms with E-state index in [0.29, 0.717) is 5.92 Å². The molecule has 0 aromatic rings. The first-order chi connectivity index (χ1) is 8.37. The van der Waals surface area contributed by atoms with Crippen LogP contribution in [0, 0.1) is 22.7 Å². The number of aliphatic hydroxyl groups is 2. The molecule has 18 heavy (non-hydrogen) atoms. The highest BCUT2D eigenvalue weighted by Crippen LogP contribution is 2.65. The van der Waals surface area contributed by atoms with Crippen LogP contribution in [0.5, 0.6) is 0 Å². The molecule has 3 rings (SSSR count). The third-order valence-electron chi connectivity index (χ3n) is 6.49. The van der Waals surface area contributed by atoms with Gasteiger partial charge in [-0.05, 0) is 42.4 Å². The number of ether oxygens (including phenoxy) is 1. The highest BCUT2D eigenvalue weighted by atomic mass is 16.6. The third-order valence-corrected chi connectivity index (χ3v) is 6.49. The number of hydrogen-bond donors (Lipinski definition) is 2. The van der Waals surface area contributed by atoms with Gasteiger partial charge in [-0.3, -0.25) is 0 Å². The normalized spacial score (nSPS) is 54.2. The molecule has 0 radical (unpaired) electrons. The van der Waals surface area contributed by atoms with Crippen LogP contribution >= 0.6 is 0 Å². The van der Waals surface area contributed by atoms with Crippen molar-refractivity contribution in [3.8, 4) is 0 Å². The molecule has 3 fully saturated rings. The lowest BCUT2D eigenvalue weighted by molar-refractivity contribution is -0.162. The predicted molar refractivity (Wildman–Crippen MR) is 69.1 cm³/mol. The molecule has 0 aromatic carbocycles. The maximum Gasteiger partial charge on any atom is 0.0971 e. The smallest absolute Gasteiger partial charge is 0.0971 e. The zero-order valence-electron chi connectivity index (χ0n) is 11.8. The molecule has 5 atom stereocenters. The Kier molecular flexibility index (Phi) is 2.66. The molecular formula is C15H26O3. The van der Waals surface area contributed by atoms with Crippen molar-refractivity contribution < 1.29 is 14.9 Å². The quantitative estimate of drug-likeness (QED) is 0.703. The minimum absolute atomic E-state index is 0.0294. The summed E-state index contributed by atoms with van der Waals surface area (Å²) in [6.45, 7) is 7.75. The highest BCUT2D eigenvalue weighted by molar-refractivity contribution is 5.14. The summed E-state index contributed by atoms with van der Waals surface area (Å²) >= 11 is 0. The molecule has 1 saturated heterocycles. The van der Waals surface area contributed by atoms with E-state index in [1.165, 1.54) is 0 Å². The summed E-state index contributed by atoms with van der Waals surface area (Å²) < 4.78 is 5.73. The lowest BCUT2D eigenvalue weighted by Gasteiger charge is -2.60. The van der Waals surface area contributed by atoms with Crippen molar-refractivity contribution in [2.75, 3.05) is 13.2 Å². The zero-order chi connectivity index (χ0) is 13.2. The van der Waals surface area contributed by atoms with Crippen LogP contribution in [0.1, 0.15) is 46.5 Å². The monoisotopic (exact) mass is 254 g/mol. The third kappa shape index (κ3) is 1.47. The lowest BCUT2D eigenvalue weighted by Crippen LogP contribution is -2.59. The minimum Gasteiger partial charge on any atom is -0.396 e. The molecule has 3 heteroatoms. The zero-order valence-corrected chi connectivity index (χ0v) is 11.8. The fourth-order valence-corrected chi connectivity index (χ4v) is 5.17. The fourth-order valence-electron chi connectivity index (χ4n) is 5.17. The molecule has 1 spiro atoms. The molecule has 0 unspecified atom stereocenters. The predicted octanol–water partition coefficient (Wildman–Crippen LogP) is 1.96. The van der Waals surface area contributed by atoms with Gasteiger partial charge in [-0.1, -0.05) is 20.8 Å². The van der Waals surface area contributed by atoms with Gasteiger partial charge in [0.05, 0.1) is 18.3 Å². The molecule has 1 heterocycles. The molecule has 3 nitrogen and oxygen atoms in total. The molecule has 2 saturated carbocycles. The molecule has 2 N–H and O–H groups in total. The molecule has 2 aliphatic carbocycles. The molecular weight excluding hydrogens is 228 g/mol. The van der Waals surface area contributed by atoms with Gasteiger partial charge in [0.15, 0.2) is 0 Å². The average molecular weight is 254 g/mol. The summed E-state index contributed by atoms with van der Waals surface area (Å²) in [6, 6.07) is 0. The molecule has 1 aliphatic heterocycles. The number of epoxide rings is 1. The number of aliphatic hydroxyl groups excluding tert-OH is 2. The molecule has 0 amide bonds. The van der Waals surface area contributed by atoms with Crippen LogP contribution in [0.25, 0.3) is 0 Å². The van der Waals surface area contributed by atoms with Gasteiger partial charge in [-0.25, -0.2) is 0 Å². The van der Waals surface area contributed by atoms with Gasteiger partial charge in [0.2, 0.25) is 0 Å².